The minimum atomic E-state index is 0.503. The Morgan fingerprint density at radius 1 is 1.06 bits per heavy atom. The Morgan fingerprint density at radius 2 is 1.75 bits per heavy atom. The molecule has 1 aromatic carbocycles. The molecule has 0 aliphatic carbocycles. The lowest BCUT2D eigenvalue weighted by atomic mass is 10.3. The molecule has 0 radical (unpaired) electrons. The standard InChI is InChI=1S/C11H9Cl3N2/c1-6-11(14)7(2)16(15-6)8-3-4-9(12)10(13)5-8/h3-5H,1-2H3. The molecule has 2 rings (SSSR count). The Balaban J connectivity index is 2.59. The van der Waals surface area contributed by atoms with Crippen molar-refractivity contribution in [1.82, 2.24) is 9.78 Å². The largest absolute Gasteiger partial charge is 0.236 e. The maximum absolute atomic E-state index is 6.08. The summed E-state index contributed by atoms with van der Waals surface area (Å²) >= 11 is 17.9. The van der Waals surface area contributed by atoms with Gasteiger partial charge in [-0.3, -0.25) is 0 Å². The first-order valence-corrected chi connectivity index (χ1v) is 5.81. The number of hydrogen-bond donors (Lipinski definition) is 0. The van der Waals surface area contributed by atoms with Crippen LogP contribution < -0.4 is 0 Å². The van der Waals surface area contributed by atoms with Crippen LogP contribution in [0, 0.1) is 13.8 Å². The monoisotopic (exact) mass is 274 g/mol. The van der Waals surface area contributed by atoms with Gasteiger partial charge >= 0.3 is 0 Å². The van der Waals surface area contributed by atoms with E-state index in [0.29, 0.717) is 15.1 Å². The van der Waals surface area contributed by atoms with Gasteiger partial charge in [-0.1, -0.05) is 34.8 Å². The minimum absolute atomic E-state index is 0.503. The molecule has 16 heavy (non-hydrogen) atoms. The molecule has 0 N–H and O–H groups in total. The molecule has 0 aliphatic heterocycles. The smallest absolute Gasteiger partial charge is 0.0848 e. The molecule has 84 valence electrons. The van der Waals surface area contributed by atoms with Crippen molar-refractivity contribution in [1.29, 1.82) is 0 Å². The number of aryl methyl sites for hydroxylation is 1. The average molecular weight is 276 g/mol. The van der Waals surface area contributed by atoms with Crippen molar-refractivity contribution >= 4 is 34.8 Å². The molecule has 0 bridgehead atoms. The topological polar surface area (TPSA) is 17.8 Å². The predicted octanol–water partition coefficient (Wildman–Crippen LogP) is 4.45. The molecule has 5 heteroatoms. The van der Waals surface area contributed by atoms with Gasteiger partial charge in [-0.25, -0.2) is 4.68 Å². The molecule has 0 fully saturated rings. The molecule has 0 unspecified atom stereocenters. The molecule has 2 aromatic rings. The number of nitrogens with zero attached hydrogens (tertiary/aromatic N) is 2. The summed E-state index contributed by atoms with van der Waals surface area (Å²) in [6.07, 6.45) is 0. The summed E-state index contributed by atoms with van der Waals surface area (Å²) < 4.78 is 1.75. The van der Waals surface area contributed by atoms with Crippen LogP contribution in [0.2, 0.25) is 15.1 Å². The van der Waals surface area contributed by atoms with Gasteiger partial charge in [0.1, 0.15) is 0 Å². The van der Waals surface area contributed by atoms with Gasteiger partial charge < -0.3 is 0 Å². The van der Waals surface area contributed by atoms with E-state index in [9.17, 15) is 0 Å². The summed E-state index contributed by atoms with van der Waals surface area (Å²) in [5.41, 5.74) is 2.53. The van der Waals surface area contributed by atoms with E-state index in [1.807, 2.05) is 19.9 Å². The fourth-order valence-corrected chi connectivity index (χ4v) is 1.90. The second-order valence-electron chi connectivity index (χ2n) is 3.50. The van der Waals surface area contributed by atoms with Crippen molar-refractivity contribution in [3.63, 3.8) is 0 Å². The lowest BCUT2D eigenvalue weighted by Gasteiger charge is -2.05. The highest BCUT2D eigenvalue weighted by atomic mass is 35.5. The summed E-state index contributed by atoms with van der Waals surface area (Å²) in [4.78, 5) is 0. The van der Waals surface area contributed by atoms with E-state index < -0.39 is 0 Å². The van der Waals surface area contributed by atoms with Gasteiger partial charge in [-0.05, 0) is 32.0 Å². The van der Waals surface area contributed by atoms with Crippen LogP contribution in [-0.4, -0.2) is 9.78 Å². The third-order valence-electron chi connectivity index (χ3n) is 2.35. The lowest BCUT2D eigenvalue weighted by molar-refractivity contribution is 0.834. The zero-order valence-corrected chi connectivity index (χ0v) is 11.0. The van der Waals surface area contributed by atoms with Gasteiger partial charge in [-0.15, -0.1) is 0 Å². The van der Waals surface area contributed by atoms with E-state index in [0.717, 1.165) is 17.1 Å². The van der Waals surface area contributed by atoms with E-state index in [1.165, 1.54) is 0 Å². The Morgan fingerprint density at radius 3 is 2.25 bits per heavy atom. The fraction of sp³-hybridized carbons (Fsp3) is 0.182. The highest BCUT2D eigenvalue weighted by Crippen LogP contribution is 2.27. The molecule has 0 spiro atoms. The van der Waals surface area contributed by atoms with Crippen molar-refractivity contribution in [2.24, 2.45) is 0 Å². The Bertz CT molecular complexity index is 546. The van der Waals surface area contributed by atoms with Crippen LogP contribution >= 0.6 is 34.8 Å². The first kappa shape index (κ1) is 11.8. The highest BCUT2D eigenvalue weighted by Gasteiger charge is 2.11. The Hall–Kier alpha value is -0.700. The zero-order valence-electron chi connectivity index (χ0n) is 8.76. The van der Waals surface area contributed by atoms with Crippen molar-refractivity contribution in [3.8, 4) is 5.69 Å². The van der Waals surface area contributed by atoms with Crippen molar-refractivity contribution < 1.29 is 0 Å². The summed E-state index contributed by atoms with van der Waals surface area (Å²) in [6, 6.07) is 5.35. The normalized spacial score (nSPS) is 10.8. The number of hydrogen-bond acceptors (Lipinski definition) is 1. The van der Waals surface area contributed by atoms with Crippen LogP contribution in [0.15, 0.2) is 18.2 Å². The summed E-state index contributed by atoms with van der Waals surface area (Å²) in [6.45, 7) is 3.77. The van der Waals surface area contributed by atoms with Crippen LogP contribution in [0.3, 0.4) is 0 Å². The Labute approximate surface area is 109 Å². The fourth-order valence-electron chi connectivity index (χ4n) is 1.49. The number of aromatic nitrogens is 2. The minimum Gasteiger partial charge on any atom is -0.236 e. The van der Waals surface area contributed by atoms with Gasteiger partial charge in [0.05, 0.1) is 32.1 Å². The molecular formula is C11H9Cl3N2. The maximum atomic E-state index is 6.08. The van der Waals surface area contributed by atoms with E-state index in [1.54, 1.807) is 16.8 Å². The lowest BCUT2D eigenvalue weighted by Crippen LogP contribution is -1.98. The molecule has 0 saturated heterocycles. The van der Waals surface area contributed by atoms with Gasteiger partial charge in [0.15, 0.2) is 0 Å². The molecule has 2 nitrogen and oxygen atoms in total. The quantitative estimate of drug-likeness (QED) is 0.752. The third-order valence-corrected chi connectivity index (χ3v) is 3.64. The maximum Gasteiger partial charge on any atom is 0.0848 e. The van der Waals surface area contributed by atoms with Gasteiger partial charge in [0.2, 0.25) is 0 Å². The van der Waals surface area contributed by atoms with Gasteiger partial charge in [0.25, 0.3) is 0 Å². The molecule has 1 aromatic heterocycles. The summed E-state index contributed by atoms with van der Waals surface area (Å²) in [5.74, 6) is 0. The molecule has 1 heterocycles. The van der Waals surface area contributed by atoms with E-state index >= 15 is 0 Å². The summed E-state index contributed by atoms with van der Waals surface area (Å²) in [5, 5.41) is 6.03. The second kappa shape index (κ2) is 4.28. The number of rotatable bonds is 1. The predicted molar refractivity (Wildman–Crippen MR) is 68.1 cm³/mol. The first-order chi connectivity index (χ1) is 7.50. The van der Waals surface area contributed by atoms with Crippen LogP contribution in [0.25, 0.3) is 5.69 Å². The highest BCUT2D eigenvalue weighted by molar-refractivity contribution is 6.42. The van der Waals surface area contributed by atoms with Gasteiger partial charge in [0, 0.05) is 0 Å². The second-order valence-corrected chi connectivity index (χ2v) is 4.69. The molecule has 0 saturated carbocycles. The van der Waals surface area contributed by atoms with Crippen molar-refractivity contribution in [2.45, 2.75) is 13.8 Å². The molecule has 0 atom stereocenters. The van der Waals surface area contributed by atoms with Gasteiger partial charge in [-0.2, -0.15) is 5.10 Å². The third kappa shape index (κ3) is 1.93. The SMILES string of the molecule is Cc1nn(-c2ccc(Cl)c(Cl)c2)c(C)c1Cl. The van der Waals surface area contributed by atoms with E-state index in [-0.39, 0.29) is 0 Å². The molecule has 0 amide bonds. The number of benzene rings is 1. The number of halogens is 3. The van der Waals surface area contributed by atoms with Crippen LogP contribution in [0.1, 0.15) is 11.4 Å². The first-order valence-electron chi connectivity index (χ1n) is 4.68. The van der Waals surface area contributed by atoms with Crippen LogP contribution in [0.5, 0.6) is 0 Å². The van der Waals surface area contributed by atoms with Crippen molar-refractivity contribution in [3.05, 3.63) is 44.7 Å². The Kier molecular flexibility index (Phi) is 3.15. The average Bonchev–Trinajstić information content (AvgIpc) is 2.50. The molecular weight excluding hydrogens is 266 g/mol. The van der Waals surface area contributed by atoms with E-state index in [4.69, 9.17) is 34.8 Å². The van der Waals surface area contributed by atoms with Crippen molar-refractivity contribution in [2.75, 3.05) is 0 Å². The zero-order chi connectivity index (χ0) is 11.9. The summed E-state index contributed by atoms with van der Waals surface area (Å²) in [7, 11) is 0. The van der Waals surface area contributed by atoms with E-state index in [2.05, 4.69) is 5.10 Å². The van der Waals surface area contributed by atoms with Crippen LogP contribution in [0.4, 0.5) is 0 Å². The molecule has 0 aliphatic rings. The van der Waals surface area contributed by atoms with Crippen LogP contribution in [-0.2, 0) is 0 Å².